The minimum absolute atomic E-state index is 0.0223. The lowest BCUT2D eigenvalue weighted by molar-refractivity contribution is 0.0854. The summed E-state index contributed by atoms with van der Waals surface area (Å²) in [4.78, 5) is 10.1. The molecule has 0 aliphatic carbocycles. The van der Waals surface area contributed by atoms with Crippen molar-refractivity contribution in [2.75, 3.05) is 16.5 Å². The second-order valence-corrected chi connectivity index (χ2v) is 26.2. The van der Waals surface area contributed by atoms with E-state index in [9.17, 15) is 0 Å². The number of para-hydroxylation sites is 4. The molecule has 384 valence electrons. The van der Waals surface area contributed by atoms with E-state index in [0.717, 1.165) is 45.1 Å². The first kappa shape index (κ1) is 51.4. The van der Waals surface area contributed by atoms with Crippen LogP contribution in [0.1, 0.15) is 132 Å². The minimum atomic E-state index is -0.459. The molecule has 9 aromatic rings. The summed E-state index contributed by atoms with van der Waals surface area (Å²) in [6.45, 7) is 36.8. The van der Waals surface area contributed by atoms with Gasteiger partial charge in [-0.1, -0.05) is 219 Å². The molecule has 75 heavy (non-hydrogen) atoms. The van der Waals surface area contributed by atoms with Crippen LogP contribution < -0.4 is 14.5 Å². The number of anilines is 4. The maximum atomic E-state index is 6.95. The zero-order chi connectivity index (χ0) is 53.5. The number of hydrogen-bond donors (Lipinski definition) is 0. The first-order valence-electron chi connectivity index (χ1n) is 27.1. The van der Waals surface area contributed by atoms with Crippen molar-refractivity contribution >= 4 is 44.6 Å². The standard InChI is InChI=1S/C70H78N4O/c1-64(2,3)50-42-43-71-62(44-50)74-58-37-23-22-34-54(58)55-41-40-53(46-61(55)74)75-52-33-26-32-51(45-52)72-47-73(60-39-25-24-38-59(60)72)63-56(69(65(4,5)6,66(7,8)9)48-28-18-16-19-29-48)35-27-36-57(63)70(67(10,11)12,68(13,14)15)49-30-20-17-21-31-49/h16-46H,47H2,1-15H3. The highest BCUT2D eigenvalue weighted by Gasteiger charge is 2.59. The van der Waals surface area contributed by atoms with Crippen molar-refractivity contribution in [3.8, 4) is 17.3 Å². The monoisotopic (exact) mass is 991 g/mol. The van der Waals surface area contributed by atoms with Gasteiger partial charge in [0.15, 0.2) is 0 Å². The lowest BCUT2D eigenvalue weighted by Gasteiger charge is -2.58. The van der Waals surface area contributed by atoms with E-state index < -0.39 is 10.8 Å². The van der Waals surface area contributed by atoms with Crippen LogP contribution in [0.2, 0.25) is 0 Å². The van der Waals surface area contributed by atoms with Crippen molar-refractivity contribution in [1.29, 1.82) is 0 Å². The molecule has 2 aromatic heterocycles. The molecule has 0 radical (unpaired) electrons. The predicted molar refractivity (Wildman–Crippen MR) is 318 cm³/mol. The molecule has 3 heterocycles. The van der Waals surface area contributed by atoms with Gasteiger partial charge < -0.3 is 14.5 Å². The van der Waals surface area contributed by atoms with Gasteiger partial charge in [0, 0.05) is 45.6 Å². The summed E-state index contributed by atoms with van der Waals surface area (Å²) in [6.07, 6.45) is 1.93. The van der Waals surface area contributed by atoms with Crippen molar-refractivity contribution in [2.24, 2.45) is 21.7 Å². The Bertz CT molecular complexity index is 3410. The molecule has 0 saturated carbocycles. The normalized spacial score (nSPS) is 14.0. The van der Waals surface area contributed by atoms with Crippen molar-refractivity contribution < 1.29 is 4.74 Å². The van der Waals surface area contributed by atoms with Gasteiger partial charge in [-0.3, -0.25) is 4.57 Å². The second-order valence-electron chi connectivity index (χ2n) is 26.2. The Hall–Kier alpha value is -7.11. The highest BCUT2D eigenvalue weighted by molar-refractivity contribution is 6.09. The summed E-state index contributed by atoms with van der Waals surface area (Å²) in [5, 5.41) is 2.34. The number of pyridine rings is 1. The van der Waals surface area contributed by atoms with Gasteiger partial charge in [-0.25, -0.2) is 4.98 Å². The molecule has 5 nitrogen and oxygen atoms in total. The summed E-state index contributed by atoms with van der Waals surface area (Å²) in [6, 6.07) is 67.1. The summed E-state index contributed by atoms with van der Waals surface area (Å²) in [5.74, 6) is 2.43. The third-order valence-corrected chi connectivity index (χ3v) is 16.6. The summed E-state index contributed by atoms with van der Waals surface area (Å²) in [7, 11) is 0. The maximum Gasteiger partial charge on any atom is 0.137 e. The van der Waals surface area contributed by atoms with Crippen LogP contribution in [-0.2, 0) is 16.2 Å². The topological polar surface area (TPSA) is 33.5 Å². The molecule has 0 amide bonds. The molecule has 0 bridgehead atoms. The van der Waals surface area contributed by atoms with Gasteiger partial charge in [-0.15, -0.1) is 0 Å². The predicted octanol–water partition coefficient (Wildman–Crippen LogP) is 19.3. The smallest absolute Gasteiger partial charge is 0.137 e. The highest BCUT2D eigenvalue weighted by Crippen LogP contribution is 2.65. The fraction of sp³-hybridized carbons (Fsp3) is 0.329. The van der Waals surface area contributed by atoms with E-state index in [2.05, 4.69) is 300 Å². The van der Waals surface area contributed by atoms with Crippen LogP contribution in [-0.4, -0.2) is 16.2 Å². The third kappa shape index (κ3) is 8.33. The molecule has 0 atom stereocenters. The van der Waals surface area contributed by atoms with Crippen molar-refractivity contribution in [3.05, 3.63) is 216 Å². The number of fused-ring (bicyclic) bond motifs is 4. The molecule has 5 heteroatoms. The van der Waals surface area contributed by atoms with Crippen LogP contribution in [0.3, 0.4) is 0 Å². The van der Waals surface area contributed by atoms with Crippen molar-refractivity contribution in [2.45, 2.75) is 120 Å². The van der Waals surface area contributed by atoms with Gasteiger partial charge in [0.25, 0.3) is 0 Å². The SMILES string of the molecule is CC(C)(C)c1ccnc(-n2c3ccccc3c3ccc(Oc4cccc(N5CN(c6c(C(c7ccccc7)(C(C)(C)C)C(C)(C)C)cccc6C(c6ccccc6)(C(C)(C)C)C(C)(C)C)c6ccccc65)c4)cc32)c1. The minimum Gasteiger partial charge on any atom is -0.457 e. The van der Waals surface area contributed by atoms with E-state index in [1.807, 2.05) is 6.20 Å². The molecule has 0 fully saturated rings. The molecule has 1 aliphatic heterocycles. The largest absolute Gasteiger partial charge is 0.457 e. The molecule has 0 N–H and O–H groups in total. The first-order valence-corrected chi connectivity index (χ1v) is 27.1. The van der Waals surface area contributed by atoms with Crippen LogP contribution >= 0.6 is 0 Å². The van der Waals surface area contributed by atoms with E-state index in [0.29, 0.717) is 6.67 Å². The Labute approximate surface area is 448 Å². The molecule has 0 saturated heterocycles. The average molecular weight is 991 g/mol. The summed E-state index contributed by atoms with van der Waals surface area (Å²) < 4.78 is 9.23. The zero-order valence-corrected chi connectivity index (χ0v) is 47.3. The summed E-state index contributed by atoms with van der Waals surface area (Å²) >= 11 is 0. The van der Waals surface area contributed by atoms with E-state index in [1.165, 1.54) is 44.6 Å². The van der Waals surface area contributed by atoms with Gasteiger partial charge in [-0.05, 0) is 109 Å². The Morgan fingerprint density at radius 1 is 0.400 bits per heavy atom. The Morgan fingerprint density at radius 2 is 0.893 bits per heavy atom. The second kappa shape index (κ2) is 18.3. The van der Waals surface area contributed by atoms with Crippen LogP contribution in [0.25, 0.3) is 27.6 Å². The van der Waals surface area contributed by atoms with Crippen molar-refractivity contribution in [1.82, 2.24) is 9.55 Å². The lowest BCUT2D eigenvalue weighted by atomic mass is 9.45. The molecular weight excluding hydrogens is 913 g/mol. The molecule has 0 spiro atoms. The Morgan fingerprint density at radius 3 is 1.45 bits per heavy atom. The Kier molecular flexibility index (Phi) is 12.6. The highest BCUT2D eigenvalue weighted by atomic mass is 16.5. The average Bonchev–Trinajstić information content (AvgIpc) is 3.90. The number of hydrogen-bond acceptors (Lipinski definition) is 4. The Balaban J connectivity index is 1.16. The van der Waals surface area contributed by atoms with Crippen LogP contribution in [0.15, 0.2) is 188 Å². The molecule has 1 aliphatic rings. The number of ether oxygens (including phenoxy) is 1. The fourth-order valence-corrected chi connectivity index (χ4v) is 14.5. The summed E-state index contributed by atoms with van der Waals surface area (Å²) in [5.41, 5.74) is 11.5. The number of benzene rings is 7. The number of rotatable bonds is 9. The third-order valence-electron chi connectivity index (χ3n) is 16.6. The van der Waals surface area contributed by atoms with E-state index in [-0.39, 0.29) is 27.1 Å². The maximum absolute atomic E-state index is 6.95. The lowest BCUT2D eigenvalue weighted by Crippen LogP contribution is -2.54. The molecule has 0 unspecified atom stereocenters. The van der Waals surface area contributed by atoms with Gasteiger partial charge in [0.05, 0.1) is 28.1 Å². The molecule has 10 rings (SSSR count). The van der Waals surface area contributed by atoms with Gasteiger partial charge >= 0.3 is 0 Å². The van der Waals surface area contributed by atoms with Crippen LogP contribution in [0, 0.1) is 21.7 Å². The van der Waals surface area contributed by atoms with Crippen LogP contribution in [0.5, 0.6) is 11.5 Å². The number of aromatic nitrogens is 2. The van der Waals surface area contributed by atoms with E-state index in [4.69, 9.17) is 9.72 Å². The van der Waals surface area contributed by atoms with Crippen LogP contribution in [0.4, 0.5) is 22.7 Å². The number of nitrogens with zero attached hydrogens (tertiary/aromatic N) is 4. The van der Waals surface area contributed by atoms with Gasteiger partial charge in [-0.2, -0.15) is 0 Å². The molecule has 7 aromatic carbocycles. The quantitative estimate of drug-likeness (QED) is 0.144. The first-order chi connectivity index (χ1) is 35.4. The van der Waals surface area contributed by atoms with E-state index in [1.54, 1.807) is 0 Å². The fourth-order valence-electron chi connectivity index (χ4n) is 14.5. The van der Waals surface area contributed by atoms with Crippen molar-refractivity contribution in [3.63, 3.8) is 0 Å². The van der Waals surface area contributed by atoms with Gasteiger partial charge in [0.1, 0.15) is 24.0 Å². The molecular formula is C70H78N4O. The van der Waals surface area contributed by atoms with E-state index >= 15 is 0 Å². The zero-order valence-electron chi connectivity index (χ0n) is 47.3. The van der Waals surface area contributed by atoms with Gasteiger partial charge in [0.2, 0.25) is 0 Å².